The number of amides is 5. The quantitative estimate of drug-likeness (QED) is 0.0739. The van der Waals surface area contributed by atoms with Crippen molar-refractivity contribution in [1.82, 2.24) is 26.2 Å². The minimum Gasteiger partial charge on any atom is -0.490 e. The van der Waals surface area contributed by atoms with E-state index in [1.165, 1.54) is 5.56 Å². The van der Waals surface area contributed by atoms with E-state index in [1.54, 1.807) is 50.2 Å². The molecule has 0 aliphatic carbocycles. The van der Waals surface area contributed by atoms with Crippen molar-refractivity contribution < 1.29 is 33.8 Å². The van der Waals surface area contributed by atoms with Crippen molar-refractivity contribution in [2.45, 2.75) is 82.6 Å². The Kier molecular flexibility index (Phi) is 17.2. The summed E-state index contributed by atoms with van der Waals surface area (Å²) in [6, 6.07) is 31.8. The molecule has 0 aromatic heterocycles. The molecule has 318 valence electrons. The van der Waals surface area contributed by atoms with Crippen LogP contribution < -0.4 is 31.7 Å². The maximum atomic E-state index is 13.6. The first kappa shape index (κ1) is 45.0. The van der Waals surface area contributed by atoms with Crippen LogP contribution in [0.5, 0.6) is 5.75 Å². The first-order chi connectivity index (χ1) is 29.0. The fraction of sp³-hybridized carbons (Fsp3) is 0.383. The summed E-state index contributed by atoms with van der Waals surface area (Å²) < 4.78 is 6.47. The summed E-state index contributed by atoms with van der Waals surface area (Å²) >= 11 is 0. The zero-order chi connectivity index (χ0) is 42.9. The van der Waals surface area contributed by atoms with Crippen molar-refractivity contribution >= 4 is 29.5 Å². The van der Waals surface area contributed by atoms with Crippen molar-refractivity contribution in [3.8, 4) is 5.75 Å². The predicted octanol–water partition coefficient (Wildman–Crippen LogP) is 3.07. The molecule has 1 aliphatic heterocycles. The van der Waals surface area contributed by atoms with Crippen LogP contribution in [0, 0.1) is 5.92 Å². The minimum atomic E-state index is -1.44. The first-order valence-corrected chi connectivity index (χ1v) is 20.7. The second-order valence-corrected chi connectivity index (χ2v) is 15.6. The van der Waals surface area contributed by atoms with Crippen LogP contribution in [0.2, 0.25) is 0 Å². The van der Waals surface area contributed by atoms with Crippen LogP contribution in [-0.4, -0.2) is 96.1 Å². The lowest BCUT2D eigenvalue weighted by Gasteiger charge is -2.32. The molecule has 5 rings (SSSR count). The molecule has 1 aliphatic rings. The van der Waals surface area contributed by atoms with Gasteiger partial charge in [0.15, 0.2) is 0 Å². The van der Waals surface area contributed by atoms with E-state index >= 15 is 0 Å². The number of nitrogens with zero attached hydrogens (tertiary/aromatic N) is 1. The van der Waals surface area contributed by atoms with Gasteiger partial charge in [0.25, 0.3) is 0 Å². The third kappa shape index (κ3) is 14.1. The maximum Gasteiger partial charge on any atom is 0.245 e. The van der Waals surface area contributed by atoms with Crippen LogP contribution in [0.3, 0.4) is 0 Å². The standard InChI is InChI=1S/C47H58N6O7/c1-32(2)43(52-42(55)24-27-53-25-22-37(23-26-53)60-41-21-13-12-20-36(41)28-33-14-6-3-7-15-33)47(59)51-40(31-54)46(58)50-39(30-35-18-10-5-11-19-35)45(57)49-38(44(48)56)29-34-16-8-4-9-17-34/h3-21,32,37-40,43,54H,22-31H2,1-2H3,(H2,48,56)(H,49,57)(H,50,58)(H,51,59)(H,52,55)/t38-,39+,40+,43+/m1/s1. The number of carbonyl (C=O) groups is 5. The number of likely N-dealkylation sites (tertiary alicyclic amines) is 1. The van der Waals surface area contributed by atoms with Crippen LogP contribution in [0.15, 0.2) is 115 Å². The molecule has 0 saturated carbocycles. The lowest BCUT2D eigenvalue weighted by atomic mass is 10.0. The van der Waals surface area contributed by atoms with Gasteiger partial charge in [-0.15, -0.1) is 0 Å². The van der Waals surface area contributed by atoms with Gasteiger partial charge in [-0.05, 0) is 47.1 Å². The molecule has 4 atom stereocenters. The molecule has 0 radical (unpaired) electrons. The topological polar surface area (TPSA) is 192 Å². The van der Waals surface area contributed by atoms with E-state index in [-0.39, 0.29) is 37.2 Å². The van der Waals surface area contributed by atoms with E-state index in [9.17, 15) is 29.1 Å². The fourth-order valence-electron chi connectivity index (χ4n) is 7.18. The predicted molar refractivity (Wildman–Crippen MR) is 230 cm³/mol. The molecule has 60 heavy (non-hydrogen) atoms. The highest BCUT2D eigenvalue weighted by atomic mass is 16.5. The Balaban J connectivity index is 1.11. The third-order valence-corrected chi connectivity index (χ3v) is 10.6. The average Bonchev–Trinajstić information content (AvgIpc) is 3.25. The molecule has 1 fully saturated rings. The molecule has 5 amide bonds. The molecular weight excluding hydrogens is 761 g/mol. The zero-order valence-electron chi connectivity index (χ0n) is 34.4. The van der Waals surface area contributed by atoms with Crippen LogP contribution >= 0.6 is 0 Å². The molecular formula is C47H58N6O7. The summed E-state index contributed by atoms with van der Waals surface area (Å²) in [6.45, 7) is 4.80. The number of para-hydroxylation sites is 1. The van der Waals surface area contributed by atoms with Gasteiger partial charge in [-0.1, -0.05) is 123 Å². The monoisotopic (exact) mass is 818 g/mol. The number of piperidine rings is 1. The number of hydrogen-bond donors (Lipinski definition) is 6. The van der Waals surface area contributed by atoms with Gasteiger partial charge in [0, 0.05) is 45.3 Å². The molecule has 1 heterocycles. The van der Waals surface area contributed by atoms with Gasteiger partial charge >= 0.3 is 0 Å². The summed E-state index contributed by atoms with van der Waals surface area (Å²) in [5, 5.41) is 20.9. The Labute approximate surface area is 352 Å². The number of benzene rings is 4. The van der Waals surface area contributed by atoms with Gasteiger partial charge < -0.3 is 41.7 Å². The number of ether oxygens (including phenoxy) is 1. The van der Waals surface area contributed by atoms with E-state index in [2.05, 4.69) is 44.4 Å². The molecule has 13 nitrogen and oxygen atoms in total. The second-order valence-electron chi connectivity index (χ2n) is 15.6. The van der Waals surface area contributed by atoms with Crippen LogP contribution in [0.1, 0.15) is 55.4 Å². The van der Waals surface area contributed by atoms with Gasteiger partial charge in [-0.3, -0.25) is 24.0 Å². The molecule has 7 N–H and O–H groups in total. The summed E-state index contributed by atoms with van der Waals surface area (Å²) in [7, 11) is 0. The average molecular weight is 819 g/mol. The SMILES string of the molecule is CC(C)[C@H](NC(=O)CCN1CCC(Oc2ccccc2Cc2ccccc2)CC1)C(=O)N[C@@H](CO)C(=O)N[C@@H](Cc1ccccc1)C(=O)N[C@H](Cc1ccccc1)C(N)=O. The normalized spacial score (nSPS) is 15.2. The van der Waals surface area contributed by atoms with E-state index < -0.39 is 54.4 Å². The number of primary amides is 1. The lowest BCUT2D eigenvalue weighted by molar-refractivity contribution is -0.135. The highest BCUT2D eigenvalue weighted by Crippen LogP contribution is 2.25. The number of carbonyl (C=O) groups excluding carboxylic acids is 5. The largest absolute Gasteiger partial charge is 0.490 e. The van der Waals surface area contributed by atoms with Crippen molar-refractivity contribution in [3.63, 3.8) is 0 Å². The molecule has 1 saturated heterocycles. The molecule has 4 aromatic rings. The molecule has 4 aromatic carbocycles. The molecule has 0 bridgehead atoms. The van der Waals surface area contributed by atoms with Gasteiger partial charge in [-0.25, -0.2) is 0 Å². The minimum absolute atomic E-state index is 0.0550. The number of aliphatic hydroxyl groups excluding tert-OH is 1. The number of hydrogen-bond acceptors (Lipinski definition) is 8. The van der Waals surface area contributed by atoms with E-state index in [0.29, 0.717) is 6.54 Å². The van der Waals surface area contributed by atoms with Crippen LogP contribution in [0.25, 0.3) is 0 Å². The Bertz CT molecular complexity index is 1990. The summed E-state index contributed by atoms with van der Waals surface area (Å²) in [6.07, 6.45) is 2.85. The van der Waals surface area contributed by atoms with Gasteiger partial charge in [-0.2, -0.15) is 0 Å². The first-order valence-electron chi connectivity index (χ1n) is 20.7. The summed E-state index contributed by atoms with van der Waals surface area (Å²) in [4.78, 5) is 68.5. The zero-order valence-corrected chi connectivity index (χ0v) is 34.4. The number of rotatable bonds is 21. The smallest absolute Gasteiger partial charge is 0.245 e. The molecule has 0 spiro atoms. The van der Waals surface area contributed by atoms with Gasteiger partial charge in [0.05, 0.1) is 6.61 Å². The third-order valence-electron chi connectivity index (χ3n) is 10.6. The number of aliphatic hydroxyl groups is 1. The Morgan fingerprint density at radius 2 is 1.17 bits per heavy atom. The number of nitrogens with one attached hydrogen (secondary N) is 4. The Morgan fingerprint density at radius 3 is 1.73 bits per heavy atom. The van der Waals surface area contributed by atoms with Crippen molar-refractivity contribution in [1.29, 1.82) is 0 Å². The molecule has 0 unspecified atom stereocenters. The fourth-order valence-corrected chi connectivity index (χ4v) is 7.18. The van der Waals surface area contributed by atoms with Gasteiger partial charge in [0.2, 0.25) is 29.5 Å². The second kappa shape index (κ2) is 22.9. The van der Waals surface area contributed by atoms with E-state index in [1.807, 2.05) is 60.7 Å². The lowest BCUT2D eigenvalue weighted by Crippen LogP contribution is -2.60. The summed E-state index contributed by atoms with van der Waals surface area (Å²) in [5.41, 5.74) is 9.51. The summed E-state index contributed by atoms with van der Waals surface area (Å²) in [5.74, 6) is -2.65. The maximum absolute atomic E-state index is 13.6. The highest BCUT2D eigenvalue weighted by Gasteiger charge is 2.32. The highest BCUT2D eigenvalue weighted by molar-refractivity contribution is 5.95. The van der Waals surface area contributed by atoms with Crippen LogP contribution in [0.4, 0.5) is 0 Å². The molecule has 13 heteroatoms. The van der Waals surface area contributed by atoms with Crippen molar-refractivity contribution in [2.24, 2.45) is 11.7 Å². The van der Waals surface area contributed by atoms with Gasteiger partial charge in [0.1, 0.15) is 36.0 Å². The van der Waals surface area contributed by atoms with Crippen LogP contribution in [-0.2, 0) is 43.2 Å². The van der Waals surface area contributed by atoms with E-state index in [0.717, 1.165) is 54.8 Å². The van der Waals surface area contributed by atoms with E-state index in [4.69, 9.17) is 10.5 Å². The Morgan fingerprint density at radius 1 is 0.667 bits per heavy atom. The number of nitrogens with two attached hydrogens (primary N) is 1. The van der Waals surface area contributed by atoms with Crippen molar-refractivity contribution in [3.05, 3.63) is 138 Å². The van der Waals surface area contributed by atoms with Crippen molar-refractivity contribution in [2.75, 3.05) is 26.2 Å². The Hall–Kier alpha value is -6.05.